The van der Waals surface area contributed by atoms with Crippen LogP contribution >= 0.6 is 0 Å². The SMILES string of the molecule is COc1ccc(C#N)cc1-c1ccc(C=O)cc1C. The Morgan fingerprint density at radius 3 is 2.53 bits per heavy atom. The third-order valence-electron chi connectivity index (χ3n) is 3.01. The number of methoxy groups -OCH3 is 1. The van der Waals surface area contributed by atoms with Crippen LogP contribution in [0.4, 0.5) is 0 Å². The Bertz CT molecular complexity index is 669. The molecule has 0 N–H and O–H groups in total. The van der Waals surface area contributed by atoms with Crippen LogP contribution in [0.5, 0.6) is 5.75 Å². The fourth-order valence-corrected chi connectivity index (χ4v) is 2.05. The molecule has 0 aliphatic heterocycles. The van der Waals surface area contributed by atoms with Gasteiger partial charge in [0.25, 0.3) is 0 Å². The van der Waals surface area contributed by atoms with Gasteiger partial charge in [0.05, 0.1) is 18.7 Å². The summed E-state index contributed by atoms with van der Waals surface area (Å²) in [5.41, 5.74) is 4.00. The van der Waals surface area contributed by atoms with Crippen molar-refractivity contribution in [2.24, 2.45) is 0 Å². The first-order valence-electron chi connectivity index (χ1n) is 5.84. The van der Waals surface area contributed by atoms with E-state index in [-0.39, 0.29) is 0 Å². The monoisotopic (exact) mass is 251 g/mol. The van der Waals surface area contributed by atoms with Gasteiger partial charge in [-0.25, -0.2) is 0 Å². The predicted octanol–water partition coefficient (Wildman–Crippen LogP) is 3.35. The second kappa shape index (κ2) is 5.36. The van der Waals surface area contributed by atoms with Crippen LogP contribution in [-0.4, -0.2) is 13.4 Å². The van der Waals surface area contributed by atoms with Crippen molar-refractivity contribution in [3.8, 4) is 22.9 Å². The molecule has 19 heavy (non-hydrogen) atoms. The number of benzene rings is 2. The van der Waals surface area contributed by atoms with Crippen molar-refractivity contribution in [2.45, 2.75) is 6.92 Å². The molecule has 0 heterocycles. The average molecular weight is 251 g/mol. The van der Waals surface area contributed by atoms with Crippen molar-refractivity contribution >= 4 is 6.29 Å². The van der Waals surface area contributed by atoms with Crippen LogP contribution in [0.15, 0.2) is 36.4 Å². The predicted molar refractivity (Wildman–Crippen MR) is 73.3 cm³/mol. The number of aldehydes is 1. The van der Waals surface area contributed by atoms with E-state index in [0.717, 1.165) is 23.0 Å². The molecule has 0 radical (unpaired) electrons. The van der Waals surface area contributed by atoms with Crippen LogP contribution in [0.3, 0.4) is 0 Å². The minimum absolute atomic E-state index is 0.578. The maximum atomic E-state index is 10.8. The summed E-state index contributed by atoms with van der Waals surface area (Å²) in [5.74, 6) is 0.709. The summed E-state index contributed by atoms with van der Waals surface area (Å²) in [6.07, 6.45) is 0.819. The maximum absolute atomic E-state index is 10.8. The van der Waals surface area contributed by atoms with E-state index in [1.54, 1.807) is 31.4 Å². The van der Waals surface area contributed by atoms with Crippen LogP contribution in [0.25, 0.3) is 11.1 Å². The lowest BCUT2D eigenvalue weighted by molar-refractivity contribution is 0.112. The van der Waals surface area contributed by atoms with Gasteiger partial charge in [0, 0.05) is 11.1 Å². The van der Waals surface area contributed by atoms with Gasteiger partial charge < -0.3 is 4.74 Å². The van der Waals surface area contributed by atoms with E-state index in [0.29, 0.717) is 16.9 Å². The largest absolute Gasteiger partial charge is 0.496 e. The Labute approximate surface area is 112 Å². The van der Waals surface area contributed by atoms with E-state index in [4.69, 9.17) is 10.00 Å². The summed E-state index contributed by atoms with van der Waals surface area (Å²) < 4.78 is 5.33. The molecule has 94 valence electrons. The Kier molecular flexibility index (Phi) is 3.63. The first kappa shape index (κ1) is 12.8. The molecule has 2 aromatic carbocycles. The van der Waals surface area contributed by atoms with Gasteiger partial charge in [0.2, 0.25) is 0 Å². The summed E-state index contributed by atoms with van der Waals surface area (Å²) in [6, 6.07) is 12.9. The molecule has 0 atom stereocenters. The highest BCUT2D eigenvalue weighted by Crippen LogP contribution is 2.33. The molecule has 0 aliphatic carbocycles. The number of aryl methyl sites for hydroxylation is 1. The molecule has 0 spiro atoms. The number of carbonyl (C=O) groups excluding carboxylic acids is 1. The fourth-order valence-electron chi connectivity index (χ4n) is 2.05. The fraction of sp³-hybridized carbons (Fsp3) is 0.125. The van der Waals surface area contributed by atoms with Gasteiger partial charge in [0.15, 0.2) is 0 Å². The zero-order valence-electron chi connectivity index (χ0n) is 10.8. The van der Waals surface area contributed by atoms with Crippen molar-refractivity contribution in [1.29, 1.82) is 5.26 Å². The Hall–Kier alpha value is -2.60. The lowest BCUT2D eigenvalue weighted by Crippen LogP contribution is -1.92. The number of rotatable bonds is 3. The summed E-state index contributed by atoms with van der Waals surface area (Å²) in [6.45, 7) is 1.93. The quantitative estimate of drug-likeness (QED) is 0.786. The van der Waals surface area contributed by atoms with Gasteiger partial charge in [-0.2, -0.15) is 5.26 Å². The van der Waals surface area contributed by atoms with E-state index in [9.17, 15) is 4.79 Å². The topological polar surface area (TPSA) is 50.1 Å². The molecule has 0 saturated carbocycles. The first-order valence-corrected chi connectivity index (χ1v) is 5.84. The van der Waals surface area contributed by atoms with Gasteiger partial charge in [-0.05, 0) is 42.3 Å². The summed E-state index contributed by atoms with van der Waals surface area (Å²) in [4.78, 5) is 10.8. The molecule has 0 saturated heterocycles. The molecule has 3 heteroatoms. The number of hydrogen-bond donors (Lipinski definition) is 0. The standard InChI is InChI=1S/C16H13NO2/c1-11-7-13(10-18)3-5-14(11)15-8-12(9-17)4-6-16(15)19-2/h3-8,10H,1-2H3. The van der Waals surface area contributed by atoms with Crippen molar-refractivity contribution < 1.29 is 9.53 Å². The normalized spacial score (nSPS) is 9.74. The Balaban J connectivity index is 2.63. The maximum Gasteiger partial charge on any atom is 0.150 e. The highest BCUT2D eigenvalue weighted by Gasteiger charge is 2.10. The second-order valence-corrected chi connectivity index (χ2v) is 4.22. The molecule has 0 aromatic heterocycles. The number of hydrogen-bond acceptors (Lipinski definition) is 3. The van der Waals surface area contributed by atoms with E-state index in [1.807, 2.05) is 19.1 Å². The Morgan fingerprint density at radius 2 is 1.95 bits per heavy atom. The average Bonchev–Trinajstić information content (AvgIpc) is 2.46. The van der Waals surface area contributed by atoms with Gasteiger partial charge in [-0.15, -0.1) is 0 Å². The van der Waals surface area contributed by atoms with E-state index >= 15 is 0 Å². The summed E-state index contributed by atoms with van der Waals surface area (Å²) >= 11 is 0. The van der Waals surface area contributed by atoms with Crippen molar-refractivity contribution in [2.75, 3.05) is 7.11 Å². The minimum atomic E-state index is 0.578. The van der Waals surface area contributed by atoms with Crippen LogP contribution in [0.1, 0.15) is 21.5 Å². The van der Waals surface area contributed by atoms with E-state index < -0.39 is 0 Å². The lowest BCUT2D eigenvalue weighted by atomic mass is 9.96. The van der Waals surface area contributed by atoms with Crippen LogP contribution in [0, 0.1) is 18.3 Å². The smallest absolute Gasteiger partial charge is 0.150 e. The lowest BCUT2D eigenvalue weighted by Gasteiger charge is -2.11. The molecular weight excluding hydrogens is 238 g/mol. The van der Waals surface area contributed by atoms with Gasteiger partial charge in [-0.3, -0.25) is 4.79 Å². The highest BCUT2D eigenvalue weighted by atomic mass is 16.5. The number of carbonyl (C=O) groups is 1. The van der Waals surface area contributed by atoms with Gasteiger partial charge in [-0.1, -0.05) is 12.1 Å². The molecule has 0 bridgehead atoms. The molecule has 3 nitrogen and oxygen atoms in total. The van der Waals surface area contributed by atoms with E-state index in [2.05, 4.69) is 6.07 Å². The minimum Gasteiger partial charge on any atom is -0.496 e. The van der Waals surface area contributed by atoms with Crippen molar-refractivity contribution in [3.63, 3.8) is 0 Å². The van der Waals surface area contributed by atoms with E-state index in [1.165, 1.54) is 0 Å². The number of nitrogens with zero attached hydrogens (tertiary/aromatic N) is 1. The van der Waals surface area contributed by atoms with Gasteiger partial charge >= 0.3 is 0 Å². The number of ether oxygens (including phenoxy) is 1. The van der Waals surface area contributed by atoms with Crippen LogP contribution < -0.4 is 4.74 Å². The molecule has 0 amide bonds. The van der Waals surface area contributed by atoms with Crippen molar-refractivity contribution in [3.05, 3.63) is 53.1 Å². The third-order valence-corrected chi connectivity index (χ3v) is 3.01. The molecule has 0 aliphatic rings. The van der Waals surface area contributed by atoms with Crippen LogP contribution in [-0.2, 0) is 0 Å². The molecule has 0 fully saturated rings. The van der Waals surface area contributed by atoms with Crippen molar-refractivity contribution in [1.82, 2.24) is 0 Å². The zero-order chi connectivity index (χ0) is 13.8. The second-order valence-electron chi connectivity index (χ2n) is 4.22. The third kappa shape index (κ3) is 2.48. The first-order chi connectivity index (χ1) is 9.19. The zero-order valence-corrected chi connectivity index (χ0v) is 10.8. The van der Waals surface area contributed by atoms with Crippen LogP contribution in [0.2, 0.25) is 0 Å². The summed E-state index contributed by atoms with van der Waals surface area (Å²) in [7, 11) is 1.60. The summed E-state index contributed by atoms with van der Waals surface area (Å²) in [5, 5.41) is 8.99. The molecule has 2 rings (SSSR count). The molecular formula is C16H13NO2. The highest BCUT2D eigenvalue weighted by molar-refractivity contribution is 5.80. The Morgan fingerprint density at radius 1 is 1.16 bits per heavy atom. The number of nitriles is 1. The molecule has 0 unspecified atom stereocenters. The molecule has 2 aromatic rings. The van der Waals surface area contributed by atoms with Gasteiger partial charge in [0.1, 0.15) is 12.0 Å².